The van der Waals surface area contributed by atoms with Crippen LogP contribution in [-0.2, 0) is 0 Å². The quantitative estimate of drug-likeness (QED) is 0.605. The van der Waals surface area contributed by atoms with Crippen molar-refractivity contribution in [3.05, 3.63) is 0 Å². The van der Waals surface area contributed by atoms with Gasteiger partial charge in [-0.15, -0.1) is 12.4 Å². The molecule has 2 nitrogen and oxygen atoms in total. The van der Waals surface area contributed by atoms with Gasteiger partial charge in [0.15, 0.2) is 0 Å². The van der Waals surface area contributed by atoms with Gasteiger partial charge in [-0.2, -0.15) is 0 Å². The second kappa shape index (κ2) is 2.86. The van der Waals surface area contributed by atoms with Crippen molar-refractivity contribution in [1.82, 2.24) is 0 Å². The van der Waals surface area contributed by atoms with Crippen molar-refractivity contribution >= 4 is 12.4 Å². The Bertz CT molecular complexity index is 93.1. The van der Waals surface area contributed by atoms with E-state index in [1.165, 1.54) is 12.8 Å². The van der Waals surface area contributed by atoms with Crippen molar-refractivity contribution < 1.29 is 5.11 Å². The van der Waals surface area contributed by atoms with E-state index in [4.69, 9.17) is 10.8 Å². The molecule has 1 aliphatic rings. The van der Waals surface area contributed by atoms with E-state index in [1.807, 2.05) is 0 Å². The number of rotatable bonds is 2. The number of aliphatic hydroxyl groups is 1. The van der Waals surface area contributed by atoms with E-state index in [9.17, 15) is 0 Å². The summed E-state index contributed by atoms with van der Waals surface area (Å²) < 4.78 is 0. The van der Waals surface area contributed by atoms with Crippen LogP contribution >= 0.6 is 12.4 Å². The second-order valence-electron chi connectivity index (χ2n) is 2.94. The third-order valence-corrected chi connectivity index (χ3v) is 2.13. The molecule has 1 fully saturated rings. The number of halogens is 1. The zero-order chi connectivity index (χ0) is 6.20. The fourth-order valence-electron chi connectivity index (χ4n) is 0.788. The first-order valence-corrected chi connectivity index (χ1v) is 3.05. The summed E-state index contributed by atoms with van der Waals surface area (Å²) in [7, 11) is 0. The molecule has 0 aromatic heterocycles. The standard InChI is InChI=1S/C6H13NO.ClH/c1-6(2-3-6)5(7)4-8;/h5,8H,2-4,7H2,1H3;1H. The van der Waals surface area contributed by atoms with E-state index in [0.717, 1.165) is 0 Å². The van der Waals surface area contributed by atoms with Crippen LogP contribution in [0.25, 0.3) is 0 Å². The summed E-state index contributed by atoms with van der Waals surface area (Å²) >= 11 is 0. The monoisotopic (exact) mass is 151 g/mol. The highest BCUT2D eigenvalue weighted by molar-refractivity contribution is 5.85. The highest BCUT2D eigenvalue weighted by Gasteiger charge is 2.42. The third kappa shape index (κ3) is 1.81. The molecule has 0 aromatic carbocycles. The van der Waals surface area contributed by atoms with Crippen LogP contribution in [-0.4, -0.2) is 17.8 Å². The Kier molecular flexibility index (Phi) is 2.93. The molecule has 0 saturated heterocycles. The predicted molar refractivity (Wildman–Crippen MR) is 39.7 cm³/mol. The lowest BCUT2D eigenvalue weighted by atomic mass is 10.0. The summed E-state index contributed by atoms with van der Waals surface area (Å²) in [6, 6.07) is 0.0162. The molecule has 56 valence electrons. The van der Waals surface area contributed by atoms with Crippen LogP contribution in [0.1, 0.15) is 19.8 Å². The molecule has 1 unspecified atom stereocenters. The van der Waals surface area contributed by atoms with Crippen molar-refractivity contribution in [3.8, 4) is 0 Å². The Labute approximate surface area is 61.8 Å². The van der Waals surface area contributed by atoms with Crippen LogP contribution in [0, 0.1) is 5.41 Å². The summed E-state index contributed by atoms with van der Waals surface area (Å²) in [5.74, 6) is 0. The molecule has 0 aromatic rings. The Hall–Kier alpha value is 0.210. The van der Waals surface area contributed by atoms with Crippen LogP contribution in [0.2, 0.25) is 0 Å². The van der Waals surface area contributed by atoms with E-state index < -0.39 is 0 Å². The largest absolute Gasteiger partial charge is 0.395 e. The van der Waals surface area contributed by atoms with Gasteiger partial charge < -0.3 is 10.8 Å². The van der Waals surface area contributed by atoms with Gasteiger partial charge in [0.1, 0.15) is 0 Å². The van der Waals surface area contributed by atoms with Gasteiger partial charge in [-0.05, 0) is 18.3 Å². The molecular weight excluding hydrogens is 138 g/mol. The summed E-state index contributed by atoms with van der Waals surface area (Å²) in [6.45, 7) is 2.25. The predicted octanol–water partition coefficient (Wildman–Crippen LogP) is 0.528. The smallest absolute Gasteiger partial charge is 0.0587 e. The first-order chi connectivity index (χ1) is 3.69. The van der Waals surface area contributed by atoms with Gasteiger partial charge in [0.2, 0.25) is 0 Å². The van der Waals surface area contributed by atoms with Gasteiger partial charge in [0.25, 0.3) is 0 Å². The third-order valence-electron chi connectivity index (χ3n) is 2.13. The molecule has 0 bridgehead atoms. The minimum atomic E-state index is 0. The average molecular weight is 152 g/mol. The van der Waals surface area contributed by atoms with E-state index >= 15 is 0 Å². The van der Waals surface area contributed by atoms with Gasteiger partial charge in [-0.1, -0.05) is 6.92 Å². The molecule has 0 spiro atoms. The Morgan fingerprint density at radius 3 is 2.22 bits per heavy atom. The summed E-state index contributed by atoms with van der Waals surface area (Å²) in [4.78, 5) is 0. The number of nitrogens with two attached hydrogens (primary N) is 1. The highest BCUT2D eigenvalue weighted by atomic mass is 35.5. The molecule has 0 heterocycles. The van der Waals surface area contributed by atoms with Crippen molar-refractivity contribution in [2.75, 3.05) is 6.61 Å². The van der Waals surface area contributed by atoms with E-state index in [-0.39, 0.29) is 30.5 Å². The maximum atomic E-state index is 8.59. The van der Waals surface area contributed by atoms with Crippen molar-refractivity contribution in [1.29, 1.82) is 0 Å². The fourth-order valence-corrected chi connectivity index (χ4v) is 0.788. The molecule has 1 aliphatic carbocycles. The van der Waals surface area contributed by atoms with Crippen molar-refractivity contribution in [2.24, 2.45) is 11.1 Å². The zero-order valence-corrected chi connectivity index (χ0v) is 6.45. The summed E-state index contributed by atoms with van der Waals surface area (Å²) in [5, 5.41) is 8.59. The van der Waals surface area contributed by atoms with Crippen LogP contribution in [0.4, 0.5) is 0 Å². The molecule has 3 N–H and O–H groups in total. The minimum Gasteiger partial charge on any atom is -0.395 e. The average Bonchev–Trinajstić information content (AvgIpc) is 2.47. The first kappa shape index (κ1) is 9.21. The molecule has 1 rings (SSSR count). The Morgan fingerprint density at radius 1 is 1.67 bits per heavy atom. The number of aliphatic hydroxyl groups excluding tert-OH is 1. The lowest BCUT2D eigenvalue weighted by Gasteiger charge is -2.14. The molecule has 1 saturated carbocycles. The molecule has 9 heavy (non-hydrogen) atoms. The van der Waals surface area contributed by atoms with Gasteiger partial charge in [0.05, 0.1) is 6.61 Å². The number of hydrogen-bond acceptors (Lipinski definition) is 2. The van der Waals surface area contributed by atoms with Crippen LogP contribution in [0.3, 0.4) is 0 Å². The van der Waals surface area contributed by atoms with Crippen molar-refractivity contribution in [3.63, 3.8) is 0 Å². The molecule has 3 heteroatoms. The maximum Gasteiger partial charge on any atom is 0.0587 e. The van der Waals surface area contributed by atoms with Gasteiger partial charge in [0, 0.05) is 6.04 Å². The zero-order valence-electron chi connectivity index (χ0n) is 5.63. The lowest BCUT2D eigenvalue weighted by Crippen LogP contribution is -2.33. The highest BCUT2D eigenvalue weighted by Crippen LogP contribution is 2.46. The van der Waals surface area contributed by atoms with Gasteiger partial charge in [-0.25, -0.2) is 0 Å². The van der Waals surface area contributed by atoms with Crippen LogP contribution in [0.5, 0.6) is 0 Å². The lowest BCUT2D eigenvalue weighted by molar-refractivity contribution is 0.224. The second-order valence-corrected chi connectivity index (χ2v) is 2.94. The van der Waals surface area contributed by atoms with E-state index in [1.54, 1.807) is 0 Å². The molecule has 0 amide bonds. The first-order valence-electron chi connectivity index (χ1n) is 3.05. The van der Waals surface area contributed by atoms with E-state index in [0.29, 0.717) is 0 Å². The maximum absolute atomic E-state index is 8.59. The number of hydrogen-bond donors (Lipinski definition) is 2. The topological polar surface area (TPSA) is 46.2 Å². The Balaban J connectivity index is 0.000000640. The minimum absolute atomic E-state index is 0. The van der Waals surface area contributed by atoms with E-state index in [2.05, 4.69) is 6.92 Å². The molecule has 1 atom stereocenters. The molecule has 0 radical (unpaired) electrons. The van der Waals surface area contributed by atoms with Crippen LogP contribution < -0.4 is 5.73 Å². The van der Waals surface area contributed by atoms with Gasteiger partial charge in [-0.3, -0.25) is 0 Å². The molecular formula is C6H14ClNO. The Morgan fingerprint density at radius 2 is 2.11 bits per heavy atom. The van der Waals surface area contributed by atoms with Crippen LogP contribution in [0.15, 0.2) is 0 Å². The molecule has 0 aliphatic heterocycles. The van der Waals surface area contributed by atoms with Crippen molar-refractivity contribution in [2.45, 2.75) is 25.8 Å². The summed E-state index contributed by atoms with van der Waals surface area (Å²) in [6.07, 6.45) is 2.38. The SMILES string of the molecule is CC1(C(N)CO)CC1.Cl. The van der Waals surface area contributed by atoms with Gasteiger partial charge >= 0.3 is 0 Å². The fraction of sp³-hybridized carbons (Fsp3) is 1.00. The summed E-state index contributed by atoms with van der Waals surface area (Å²) in [5.41, 5.74) is 5.85. The normalized spacial score (nSPS) is 24.3.